The number of nitrogens with zero attached hydrogens (tertiary/aromatic N) is 1. The van der Waals surface area contributed by atoms with E-state index in [1.54, 1.807) is 37.9 Å². The van der Waals surface area contributed by atoms with Crippen molar-refractivity contribution in [1.29, 1.82) is 0 Å². The number of aromatic nitrogens is 1. The first kappa shape index (κ1) is 13.3. The van der Waals surface area contributed by atoms with E-state index in [2.05, 4.69) is 4.98 Å². The second-order valence-corrected chi connectivity index (χ2v) is 5.65. The maximum Gasteiger partial charge on any atom is 0.309 e. The van der Waals surface area contributed by atoms with Crippen molar-refractivity contribution in [3.63, 3.8) is 0 Å². The number of carboxylic acids is 1. The first-order valence-corrected chi connectivity index (χ1v) is 6.26. The van der Waals surface area contributed by atoms with Gasteiger partial charge in [-0.05, 0) is 32.4 Å². The summed E-state index contributed by atoms with van der Waals surface area (Å²) in [5.41, 5.74) is -0.681. The van der Waals surface area contributed by atoms with E-state index in [9.17, 15) is 4.79 Å². The fourth-order valence-corrected chi connectivity index (χ4v) is 2.19. The van der Waals surface area contributed by atoms with Crippen LogP contribution in [0.1, 0.15) is 20.3 Å². The van der Waals surface area contributed by atoms with E-state index in [0.29, 0.717) is 11.4 Å². The average Bonchev–Trinajstić information content (AvgIpc) is 2.20. The van der Waals surface area contributed by atoms with Crippen molar-refractivity contribution in [2.45, 2.75) is 25.3 Å². The van der Waals surface area contributed by atoms with Crippen LogP contribution in [-0.4, -0.2) is 21.8 Å². The highest BCUT2D eigenvalue weighted by molar-refractivity contribution is 7.99. The molecule has 0 aliphatic heterocycles. The fourth-order valence-electron chi connectivity index (χ4n) is 0.965. The molecule has 1 heterocycles. The zero-order valence-corrected chi connectivity index (χ0v) is 10.8. The van der Waals surface area contributed by atoms with Gasteiger partial charge >= 0.3 is 5.97 Å². The molecule has 0 aromatic carbocycles. The summed E-state index contributed by atoms with van der Waals surface area (Å²) >= 11 is 7.25. The van der Waals surface area contributed by atoms with Crippen LogP contribution in [0.5, 0.6) is 0 Å². The van der Waals surface area contributed by atoms with E-state index in [-0.39, 0.29) is 0 Å². The first-order chi connectivity index (χ1) is 7.42. The molecule has 0 atom stereocenters. The number of carboxylic acid groups (broad SMARTS) is 1. The lowest BCUT2D eigenvalue weighted by atomic mass is 9.91. The molecule has 1 aromatic heterocycles. The molecule has 0 radical (unpaired) electrons. The standard InChI is InChI=1S/C11H14ClNO2S/c1-11(2,10(14)15)5-6-16-9-4-3-8(12)7-13-9/h3-4,7H,5-6H2,1-2H3,(H,14,15). The van der Waals surface area contributed by atoms with Gasteiger partial charge < -0.3 is 5.11 Å². The normalized spacial score (nSPS) is 11.4. The Labute approximate surface area is 104 Å². The van der Waals surface area contributed by atoms with Gasteiger partial charge in [0, 0.05) is 11.9 Å². The van der Waals surface area contributed by atoms with E-state index in [0.717, 1.165) is 10.8 Å². The monoisotopic (exact) mass is 259 g/mol. The summed E-state index contributed by atoms with van der Waals surface area (Å²) in [6.07, 6.45) is 2.20. The van der Waals surface area contributed by atoms with Crippen LogP contribution in [-0.2, 0) is 4.79 Å². The molecule has 0 saturated carbocycles. The minimum Gasteiger partial charge on any atom is -0.481 e. The number of hydrogen-bond acceptors (Lipinski definition) is 3. The molecule has 0 amide bonds. The Balaban J connectivity index is 2.41. The maximum absolute atomic E-state index is 10.9. The molecule has 0 unspecified atom stereocenters. The largest absolute Gasteiger partial charge is 0.481 e. The Morgan fingerprint density at radius 1 is 1.56 bits per heavy atom. The molecular weight excluding hydrogens is 246 g/mol. The minimum absolute atomic E-state index is 0.607. The van der Waals surface area contributed by atoms with Gasteiger partial charge in [0.25, 0.3) is 0 Å². The predicted molar refractivity (Wildman–Crippen MR) is 66.0 cm³/mol. The van der Waals surface area contributed by atoms with Gasteiger partial charge in [0.1, 0.15) is 0 Å². The lowest BCUT2D eigenvalue weighted by Gasteiger charge is -2.17. The number of hydrogen-bond donors (Lipinski definition) is 1. The SMILES string of the molecule is CC(C)(CCSc1ccc(Cl)cn1)C(=O)O. The summed E-state index contributed by atoms with van der Waals surface area (Å²) in [5.74, 6) is -0.0364. The van der Waals surface area contributed by atoms with Crippen molar-refractivity contribution in [2.24, 2.45) is 5.41 Å². The highest BCUT2D eigenvalue weighted by Crippen LogP contribution is 2.26. The highest BCUT2D eigenvalue weighted by Gasteiger charge is 2.26. The van der Waals surface area contributed by atoms with Crippen LogP contribution in [0.4, 0.5) is 0 Å². The van der Waals surface area contributed by atoms with Crippen molar-refractivity contribution in [3.05, 3.63) is 23.4 Å². The zero-order valence-electron chi connectivity index (χ0n) is 9.24. The van der Waals surface area contributed by atoms with Gasteiger partial charge in [0.15, 0.2) is 0 Å². The van der Waals surface area contributed by atoms with Crippen molar-refractivity contribution in [2.75, 3.05) is 5.75 Å². The zero-order chi connectivity index (χ0) is 12.2. The number of thioether (sulfide) groups is 1. The molecule has 0 spiro atoms. The third-order valence-corrected chi connectivity index (χ3v) is 3.43. The van der Waals surface area contributed by atoms with E-state index >= 15 is 0 Å². The van der Waals surface area contributed by atoms with E-state index in [1.165, 1.54) is 0 Å². The molecular formula is C11H14ClNO2S. The Morgan fingerprint density at radius 2 is 2.25 bits per heavy atom. The van der Waals surface area contributed by atoms with Gasteiger partial charge in [0.2, 0.25) is 0 Å². The van der Waals surface area contributed by atoms with Crippen LogP contribution in [0.2, 0.25) is 5.02 Å². The van der Waals surface area contributed by atoms with Crippen LogP contribution in [0.15, 0.2) is 23.4 Å². The molecule has 0 bridgehead atoms. The van der Waals surface area contributed by atoms with Crippen LogP contribution in [0.3, 0.4) is 0 Å². The summed E-state index contributed by atoms with van der Waals surface area (Å²) < 4.78 is 0. The molecule has 1 N–H and O–H groups in total. The Kier molecular flexibility index (Phi) is 4.62. The summed E-state index contributed by atoms with van der Waals surface area (Å²) in [6, 6.07) is 3.61. The molecule has 0 saturated heterocycles. The van der Waals surface area contributed by atoms with Gasteiger partial charge in [-0.1, -0.05) is 11.6 Å². The van der Waals surface area contributed by atoms with Gasteiger partial charge in [-0.25, -0.2) is 4.98 Å². The summed E-state index contributed by atoms with van der Waals surface area (Å²) in [6.45, 7) is 3.45. The third-order valence-electron chi connectivity index (χ3n) is 2.26. The lowest BCUT2D eigenvalue weighted by Crippen LogP contribution is -2.24. The van der Waals surface area contributed by atoms with Crippen molar-refractivity contribution < 1.29 is 9.90 Å². The first-order valence-electron chi connectivity index (χ1n) is 4.89. The third kappa shape index (κ3) is 4.02. The predicted octanol–water partition coefficient (Wildman–Crippen LogP) is 3.33. The number of rotatable bonds is 5. The van der Waals surface area contributed by atoms with Crippen LogP contribution < -0.4 is 0 Å². The average molecular weight is 260 g/mol. The number of aliphatic carboxylic acids is 1. The van der Waals surface area contributed by atoms with Crippen molar-refractivity contribution >= 4 is 29.3 Å². The second kappa shape index (κ2) is 5.55. The number of halogens is 1. The second-order valence-electron chi connectivity index (χ2n) is 4.10. The molecule has 5 heteroatoms. The van der Waals surface area contributed by atoms with Gasteiger partial charge in [-0.2, -0.15) is 0 Å². The van der Waals surface area contributed by atoms with Crippen LogP contribution in [0.25, 0.3) is 0 Å². The Morgan fingerprint density at radius 3 is 2.75 bits per heavy atom. The van der Waals surface area contributed by atoms with E-state index in [1.807, 2.05) is 6.07 Å². The van der Waals surface area contributed by atoms with Crippen molar-refractivity contribution in [3.8, 4) is 0 Å². The lowest BCUT2D eigenvalue weighted by molar-refractivity contribution is -0.146. The highest BCUT2D eigenvalue weighted by atomic mass is 35.5. The van der Waals surface area contributed by atoms with Crippen LogP contribution in [0, 0.1) is 5.41 Å². The van der Waals surface area contributed by atoms with Crippen LogP contribution >= 0.6 is 23.4 Å². The minimum atomic E-state index is -0.767. The van der Waals surface area contributed by atoms with E-state index < -0.39 is 11.4 Å². The smallest absolute Gasteiger partial charge is 0.309 e. The summed E-state index contributed by atoms with van der Waals surface area (Å²) in [7, 11) is 0. The van der Waals surface area contributed by atoms with Gasteiger partial charge in [0.05, 0.1) is 15.5 Å². The van der Waals surface area contributed by atoms with Crippen molar-refractivity contribution in [1.82, 2.24) is 4.98 Å². The van der Waals surface area contributed by atoms with E-state index in [4.69, 9.17) is 16.7 Å². The fraction of sp³-hybridized carbons (Fsp3) is 0.455. The summed E-state index contributed by atoms with van der Waals surface area (Å²) in [4.78, 5) is 15.0. The quantitative estimate of drug-likeness (QED) is 0.824. The Hall–Kier alpha value is -0.740. The molecule has 0 aliphatic carbocycles. The van der Waals surface area contributed by atoms with Gasteiger partial charge in [-0.15, -0.1) is 11.8 Å². The molecule has 88 valence electrons. The number of carbonyl (C=O) groups is 1. The summed E-state index contributed by atoms with van der Waals surface area (Å²) in [5, 5.41) is 10.4. The number of pyridine rings is 1. The molecule has 0 aliphatic rings. The molecule has 0 fully saturated rings. The Bertz CT molecular complexity index is 365. The molecule has 1 rings (SSSR count). The molecule has 1 aromatic rings. The topological polar surface area (TPSA) is 50.2 Å². The molecule has 3 nitrogen and oxygen atoms in total. The van der Waals surface area contributed by atoms with Gasteiger partial charge in [-0.3, -0.25) is 4.79 Å². The molecule has 16 heavy (non-hydrogen) atoms. The maximum atomic E-state index is 10.9.